The molecule has 0 aliphatic carbocycles. The number of ether oxygens (including phenoxy) is 4. The Morgan fingerprint density at radius 3 is 2.59 bits per heavy atom. The van der Waals surface area contributed by atoms with Crippen LogP contribution in [-0.4, -0.2) is 32.2 Å². The maximum atomic E-state index is 12.4. The summed E-state index contributed by atoms with van der Waals surface area (Å²) in [5, 5.41) is 0. The van der Waals surface area contributed by atoms with Gasteiger partial charge >= 0.3 is 12.6 Å². The third kappa shape index (κ3) is 4.98. The normalized spacial score (nSPS) is 14.6. The van der Waals surface area contributed by atoms with Gasteiger partial charge in [-0.2, -0.15) is 8.78 Å². The molecule has 2 aromatic rings. The first-order chi connectivity index (χ1) is 14.0. The summed E-state index contributed by atoms with van der Waals surface area (Å²) in [4.78, 5) is 16.3. The third-order valence-electron chi connectivity index (χ3n) is 3.80. The highest BCUT2D eigenvalue weighted by atomic mass is 19.3. The standard InChI is InChI=1S/C21H17F2NO5/c1-3-10-27-15-7-4-13(5-8-15)11-16-20(25)29-19(24-16)14-6-9-17(28-21(22)23)18(12-14)26-2/h3-9,11-12,21H,1,10H2,2H3/b16-11-. The second-order valence-electron chi connectivity index (χ2n) is 5.75. The Balaban J connectivity index is 1.82. The number of hydrogen-bond donors (Lipinski definition) is 0. The van der Waals surface area contributed by atoms with Gasteiger partial charge in [-0.3, -0.25) is 0 Å². The predicted octanol–water partition coefficient (Wildman–Crippen LogP) is 4.21. The Hall–Kier alpha value is -3.68. The van der Waals surface area contributed by atoms with Crippen LogP contribution in [0.4, 0.5) is 8.78 Å². The van der Waals surface area contributed by atoms with E-state index in [1.807, 2.05) is 0 Å². The van der Waals surface area contributed by atoms with E-state index in [4.69, 9.17) is 14.2 Å². The molecule has 0 fully saturated rings. The molecule has 8 heteroatoms. The molecular weight excluding hydrogens is 384 g/mol. The van der Waals surface area contributed by atoms with Crippen molar-refractivity contribution in [3.05, 3.63) is 71.9 Å². The van der Waals surface area contributed by atoms with Crippen LogP contribution >= 0.6 is 0 Å². The van der Waals surface area contributed by atoms with Crippen molar-refractivity contribution in [2.24, 2.45) is 4.99 Å². The summed E-state index contributed by atoms with van der Waals surface area (Å²) in [5.41, 5.74) is 1.21. The average molecular weight is 401 g/mol. The zero-order valence-corrected chi connectivity index (χ0v) is 15.4. The van der Waals surface area contributed by atoms with Crippen LogP contribution in [0.1, 0.15) is 11.1 Å². The molecule has 2 aromatic carbocycles. The largest absolute Gasteiger partial charge is 0.493 e. The number of methoxy groups -OCH3 is 1. The Morgan fingerprint density at radius 2 is 1.93 bits per heavy atom. The lowest BCUT2D eigenvalue weighted by Crippen LogP contribution is -2.07. The Morgan fingerprint density at radius 1 is 1.17 bits per heavy atom. The zero-order valence-electron chi connectivity index (χ0n) is 15.4. The SMILES string of the molecule is C=CCOc1ccc(/C=C2\N=C(c3ccc(OC(F)F)c(OC)c3)OC2=O)cc1. The van der Waals surface area contributed by atoms with Gasteiger partial charge in [0.15, 0.2) is 17.2 Å². The number of cyclic esters (lactones) is 1. The number of carbonyl (C=O) groups is 1. The number of halogens is 2. The fourth-order valence-corrected chi connectivity index (χ4v) is 2.50. The lowest BCUT2D eigenvalue weighted by molar-refractivity contribution is -0.129. The van der Waals surface area contributed by atoms with Gasteiger partial charge in [-0.05, 0) is 42.0 Å². The van der Waals surface area contributed by atoms with Crippen molar-refractivity contribution < 1.29 is 32.5 Å². The van der Waals surface area contributed by atoms with Crippen molar-refractivity contribution in [3.8, 4) is 17.2 Å². The molecule has 0 unspecified atom stereocenters. The van der Waals surface area contributed by atoms with Crippen LogP contribution in [0.25, 0.3) is 6.08 Å². The number of nitrogens with zero attached hydrogens (tertiary/aromatic N) is 1. The highest BCUT2D eigenvalue weighted by Gasteiger charge is 2.25. The van der Waals surface area contributed by atoms with Crippen molar-refractivity contribution in [1.29, 1.82) is 0 Å². The Bertz CT molecular complexity index is 968. The molecule has 0 amide bonds. The number of rotatable bonds is 8. The minimum atomic E-state index is -2.99. The van der Waals surface area contributed by atoms with Crippen LogP contribution in [-0.2, 0) is 9.53 Å². The molecule has 0 spiro atoms. The van der Waals surface area contributed by atoms with Crippen LogP contribution in [0.15, 0.2) is 65.8 Å². The Labute approximate surface area is 165 Å². The van der Waals surface area contributed by atoms with Gasteiger partial charge in [-0.25, -0.2) is 9.79 Å². The van der Waals surface area contributed by atoms with E-state index in [9.17, 15) is 13.6 Å². The molecule has 0 N–H and O–H groups in total. The van der Waals surface area contributed by atoms with Gasteiger partial charge in [0.2, 0.25) is 5.90 Å². The van der Waals surface area contributed by atoms with Gasteiger partial charge < -0.3 is 18.9 Å². The Kier molecular flexibility index (Phi) is 6.23. The van der Waals surface area contributed by atoms with Gasteiger partial charge in [0.1, 0.15) is 12.4 Å². The molecule has 0 atom stereocenters. The van der Waals surface area contributed by atoms with E-state index in [-0.39, 0.29) is 23.1 Å². The summed E-state index contributed by atoms with van der Waals surface area (Å²) in [6.45, 7) is 0.989. The first kappa shape index (κ1) is 20.1. The van der Waals surface area contributed by atoms with E-state index in [0.717, 1.165) is 5.56 Å². The molecule has 0 radical (unpaired) electrons. The molecule has 0 saturated carbocycles. The van der Waals surface area contributed by atoms with Crippen LogP contribution in [0.2, 0.25) is 0 Å². The van der Waals surface area contributed by atoms with Crippen LogP contribution in [0.3, 0.4) is 0 Å². The molecular formula is C21H17F2NO5. The van der Waals surface area contributed by atoms with Gasteiger partial charge in [-0.1, -0.05) is 24.8 Å². The number of aliphatic imine (C=N–C) groups is 1. The molecule has 29 heavy (non-hydrogen) atoms. The summed E-state index contributed by atoms with van der Waals surface area (Å²) in [6.07, 6.45) is 3.21. The van der Waals surface area contributed by atoms with Crippen LogP contribution in [0.5, 0.6) is 17.2 Å². The number of esters is 1. The van der Waals surface area contributed by atoms with Crippen molar-refractivity contribution in [2.45, 2.75) is 6.61 Å². The summed E-state index contributed by atoms with van der Waals surface area (Å²) in [5.74, 6) is 0.0103. The van der Waals surface area contributed by atoms with E-state index in [1.54, 1.807) is 36.4 Å². The molecule has 1 aliphatic heterocycles. The molecule has 0 aromatic heterocycles. The fourth-order valence-electron chi connectivity index (χ4n) is 2.50. The molecule has 150 valence electrons. The third-order valence-corrected chi connectivity index (χ3v) is 3.80. The summed E-state index contributed by atoms with van der Waals surface area (Å²) < 4.78 is 44.9. The van der Waals surface area contributed by atoms with E-state index in [0.29, 0.717) is 17.9 Å². The maximum absolute atomic E-state index is 12.4. The fraction of sp³-hybridized carbons (Fsp3) is 0.143. The second-order valence-corrected chi connectivity index (χ2v) is 5.75. The highest BCUT2D eigenvalue weighted by molar-refractivity contribution is 6.13. The molecule has 6 nitrogen and oxygen atoms in total. The van der Waals surface area contributed by atoms with Gasteiger partial charge in [-0.15, -0.1) is 0 Å². The van der Waals surface area contributed by atoms with Crippen molar-refractivity contribution in [2.75, 3.05) is 13.7 Å². The number of carbonyl (C=O) groups excluding carboxylic acids is 1. The predicted molar refractivity (Wildman–Crippen MR) is 102 cm³/mol. The molecule has 1 heterocycles. The summed E-state index contributed by atoms with van der Waals surface area (Å²) in [7, 11) is 1.31. The van der Waals surface area contributed by atoms with Crippen LogP contribution < -0.4 is 14.2 Å². The minimum absolute atomic E-state index is 0.0362. The smallest absolute Gasteiger partial charge is 0.387 e. The van der Waals surface area contributed by atoms with Crippen LogP contribution in [0, 0.1) is 0 Å². The van der Waals surface area contributed by atoms with Gasteiger partial charge in [0, 0.05) is 5.56 Å². The van der Waals surface area contributed by atoms with E-state index in [2.05, 4.69) is 16.3 Å². The van der Waals surface area contributed by atoms with Crippen molar-refractivity contribution >= 4 is 17.9 Å². The maximum Gasteiger partial charge on any atom is 0.387 e. The minimum Gasteiger partial charge on any atom is -0.493 e. The number of alkyl halides is 2. The average Bonchev–Trinajstić information content (AvgIpc) is 3.07. The van der Waals surface area contributed by atoms with Gasteiger partial charge in [0.25, 0.3) is 0 Å². The van der Waals surface area contributed by atoms with Crippen molar-refractivity contribution in [3.63, 3.8) is 0 Å². The van der Waals surface area contributed by atoms with E-state index >= 15 is 0 Å². The zero-order chi connectivity index (χ0) is 20.8. The summed E-state index contributed by atoms with van der Waals surface area (Å²) >= 11 is 0. The quantitative estimate of drug-likeness (QED) is 0.377. The number of hydrogen-bond acceptors (Lipinski definition) is 6. The second kappa shape index (κ2) is 9.01. The van der Waals surface area contributed by atoms with E-state index in [1.165, 1.54) is 25.3 Å². The first-order valence-corrected chi connectivity index (χ1v) is 8.49. The topological polar surface area (TPSA) is 66.3 Å². The summed E-state index contributed by atoms with van der Waals surface area (Å²) in [6, 6.07) is 11.2. The molecule has 3 rings (SSSR count). The lowest BCUT2D eigenvalue weighted by atomic mass is 10.2. The first-order valence-electron chi connectivity index (χ1n) is 8.49. The van der Waals surface area contributed by atoms with E-state index < -0.39 is 12.6 Å². The monoisotopic (exact) mass is 401 g/mol. The highest BCUT2D eigenvalue weighted by Crippen LogP contribution is 2.31. The van der Waals surface area contributed by atoms with Gasteiger partial charge in [0.05, 0.1) is 7.11 Å². The number of benzene rings is 2. The lowest BCUT2D eigenvalue weighted by Gasteiger charge is -2.10. The van der Waals surface area contributed by atoms with Crippen molar-refractivity contribution in [1.82, 2.24) is 0 Å². The molecule has 0 saturated heterocycles. The molecule has 1 aliphatic rings. The molecule has 0 bridgehead atoms.